The second-order valence-corrected chi connectivity index (χ2v) is 7.76. The summed E-state index contributed by atoms with van der Waals surface area (Å²) >= 11 is 0. The Balaban J connectivity index is 0.000000454. The van der Waals surface area contributed by atoms with Crippen molar-refractivity contribution in [3.63, 3.8) is 0 Å². The fraction of sp³-hybridized carbons (Fsp3) is 0.185. The van der Waals surface area contributed by atoms with Crippen molar-refractivity contribution < 1.29 is 24.2 Å². The van der Waals surface area contributed by atoms with Crippen molar-refractivity contribution in [1.82, 2.24) is 4.90 Å². The Kier molecular flexibility index (Phi) is 8.11. The third-order valence-corrected chi connectivity index (χ3v) is 5.69. The van der Waals surface area contributed by atoms with Gasteiger partial charge in [0.05, 0.1) is 0 Å². The maximum Gasteiger partial charge on any atom is 0.414 e. The third kappa shape index (κ3) is 6.60. The minimum atomic E-state index is -1.82. The molecule has 4 rings (SSSR count). The summed E-state index contributed by atoms with van der Waals surface area (Å²) in [7, 11) is 0. The summed E-state index contributed by atoms with van der Waals surface area (Å²) in [6, 6.07) is 26.6. The van der Waals surface area contributed by atoms with Crippen molar-refractivity contribution in [3.05, 3.63) is 102 Å². The SMILES string of the molecule is CC(c1ccc(-c2ccccc2)cc1)N1CC=C(c2ccc(F)cc2)CC1.O=C(O)C(=O)O. The number of halogens is 1. The van der Waals surface area contributed by atoms with Crippen LogP contribution in [0.25, 0.3) is 16.7 Å². The number of carboxylic acid groups (broad SMARTS) is 2. The molecule has 6 heteroatoms. The molecule has 33 heavy (non-hydrogen) atoms. The van der Waals surface area contributed by atoms with E-state index in [2.05, 4.69) is 66.4 Å². The highest BCUT2D eigenvalue weighted by atomic mass is 19.1. The van der Waals surface area contributed by atoms with E-state index in [1.54, 1.807) is 12.1 Å². The predicted molar refractivity (Wildman–Crippen MR) is 126 cm³/mol. The highest BCUT2D eigenvalue weighted by Gasteiger charge is 2.19. The van der Waals surface area contributed by atoms with Crippen LogP contribution in [0.2, 0.25) is 0 Å². The van der Waals surface area contributed by atoms with Gasteiger partial charge in [0.1, 0.15) is 5.82 Å². The maximum absolute atomic E-state index is 13.1. The molecule has 0 amide bonds. The molecule has 0 bridgehead atoms. The molecule has 5 nitrogen and oxygen atoms in total. The van der Waals surface area contributed by atoms with Crippen LogP contribution in [0, 0.1) is 5.82 Å². The van der Waals surface area contributed by atoms with Crippen molar-refractivity contribution in [1.29, 1.82) is 0 Å². The molecular weight excluding hydrogens is 421 g/mol. The van der Waals surface area contributed by atoms with Crippen molar-refractivity contribution in [2.75, 3.05) is 13.1 Å². The van der Waals surface area contributed by atoms with Crippen LogP contribution in [0.3, 0.4) is 0 Å². The summed E-state index contributed by atoms with van der Waals surface area (Å²) in [4.78, 5) is 20.7. The Morgan fingerprint density at radius 1 is 0.818 bits per heavy atom. The van der Waals surface area contributed by atoms with Crippen LogP contribution in [-0.2, 0) is 9.59 Å². The predicted octanol–water partition coefficient (Wildman–Crippen LogP) is 5.50. The van der Waals surface area contributed by atoms with Gasteiger partial charge in [-0.05, 0) is 53.3 Å². The summed E-state index contributed by atoms with van der Waals surface area (Å²) in [6.45, 7) is 4.22. The molecular formula is C27H26FNO4. The zero-order valence-electron chi connectivity index (χ0n) is 18.3. The maximum atomic E-state index is 13.1. The number of nitrogens with zero attached hydrogens (tertiary/aromatic N) is 1. The fourth-order valence-corrected chi connectivity index (χ4v) is 3.76. The van der Waals surface area contributed by atoms with Gasteiger partial charge in [0.25, 0.3) is 0 Å². The van der Waals surface area contributed by atoms with E-state index >= 15 is 0 Å². The van der Waals surface area contributed by atoms with Crippen molar-refractivity contribution in [2.24, 2.45) is 0 Å². The lowest BCUT2D eigenvalue weighted by Crippen LogP contribution is -2.31. The Labute approximate surface area is 192 Å². The van der Waals surface area contributed by atoms with Crippen LogP contribution in [0.4, 0.5) is 4.39 Å². The van der Waals surface area contributed by atoms with E-state index in [0.29, 0.717) is 6.04 Å². The van der Waals surface area contributed by atoms with Gasteiger partial charge in [0, 0.05) is 19.1 Å². The molecule has 0 saturated heterocycles. The van der Waals surface area contributed by atoms with E-state index in [1.165, 1.54) is 22.3 Å². The molecule has 0 spiro atoms. The van der Waals surface area contributed by atoms with Crippen LogP contribution >= 0.6 is 0 Å². The molecule has 0 aliphatic carbocycles. The fourth-order valence-electron chi connectivity index (χ4n) is 3.76. The zero-order chi connectivity index (χ0) is 23.8. The van der Waals surface area contributed by atoms with Gasteiger partial charge < -0.3 is 10.2 Å². The Morgan fingerprint density at radius 3 is 1.88 bits per heavy atom. The standard InChI is InChI=1S/C25H24FN.C2H2O4/c1-19(20-7-9-22(10-8-20)21-5-3-2-4-6-21)27-17-15-24(16-18-27)23-11-13-25(26)14-12-23;3-1(4)2(5)6/h2-15,19H,16-18H2,1H3;(H,3,4)(H,5,6). The molecule has 0 radical (unpaired) electrons. The Hall–Kier alpha value is -3.77. The molecule has 170 valence electrons. The number of carboxylic acids is 2. The molecule has 2 N–H and O–H groups in total. The van der Waals surface area contributed by atoms with Crippen LogP contribution < -0.4 is 0 Å². The van der Waals surface area contributed by atoms with Gasteiger partial charge in [0.15, 0.2) is 0 Å². The van der Waals surface area contributed by atoms with Gasteiger partial charge in [-0.1, -0.05) is 72.8 Å². The summed E-state index contributed by atoms with van der Waals surface area (Å²) in [5.41, 5.74) is 6.30. The second kappa shape index (κ2) is 11.2. The first-order chi connectivity index (χ1) is 15.8. The molecule has 3 aromatic carbocycles. The number of carbonyl (C=O) groups is 2. The van der Waals surface area contributed by atoms with Gasteiger partial charge in [-0.3, -0.25) is 4.90 Å². The number of rotatable bonds is 4. The van der Waals surface area contributed by atoms with Gasteiger partial charge in [0.2, 0.25) is 0 Å². The van der Waals surface area contributed by atoms with Gasteiger partial charge in [-0.25, -0.2) is 14.0 Å². The Bertz CT molecular complexity index is 1100. The summed E-state index contributed by atoms with van der Waals surface area (Å²) < 4.78 is 13.1. The number of hydrogen-bond acceptors (Lipinski definition) is 3. The Morgan fingerprint density at radius 2 is 1.36 bits per heavy atom. The molecule has 0 saturated carbocycles. The third-order valence-electron chi connectivity index (χ3n) is 5.69. The molecule has 0 aromatic heterocycles. The zero-order valence-corrected chi connectivity index (χ0v) is 18.3. The first kappa shape index (κ1) is 23.9. The summed E-state index contributed by atoms with van der Waals surface area (Å²) in [5, 5.41) is 14.8. The number of hydrogen-bond donors (Lipinski definition) is 2. The van der Waals surface area contributed by atoms with E-state index < -0.39 is 11.9 Å². The first-order valence-electron chi connectivity index (χ1n) is 10.7. The van der Waals surface area contributed by atoms with E-state index in [4.69, 9.17) is 19.8 Å². The second-order valence-electron chi connectivity index (χ2n) is 7.76. The minimum absolute atomic E-state index is 0.177. The molecule has 1 aliphatic heterocycles. The van der Waals surface area contributed by atoms with Crippen LogP contribution in [0.15, 0.2) is 84.9 Å². The molecule has 1 aliphatic rings. The first-order valence-corrected chi connectivity index (χ1v) is 10.7. The van der Waals surface area contributed by atoms with Crippen molar-refractivity contribution in [2.45, 2.75) is 19.4 Å². The van der Waals surface area contributed by atoms with Gasteiger partial charge in [-0.2, -0.15) is 0 Å². The normalized spacial score (nSPS) is 14.4. The summed E-state index contributed by atoms with van der Waals surface area (Å²) in [6.07, 6.45) is 3.28. The van der Waals surface area contributed by atoms with Crippen LogP contribution in [0.5, 0.6) is 0 Å². The van der Waals surface area contributed by atoms with E-state index in [-0.39, 0.29) is 5.82 Å². The molecule has 1 unspecified atom stereocenters. The van der Waals surface area contributed by atoms with E-state index in [0.717, 1.165) is 25.1 Å². The van der Waals surface area contributed by atoms with Crippen LogP contribution in [0.1, 0.15) is 30.5 Å². The lowest BCUT2D eigenvalue weighted by Gasteiger charge is -2.32. The van der Waals surface area contributed by atoms with Crippen molar-refractivity contribution >= 4 is 17.5 Å². The lowest BCUT2D eigenvalue weighted by atomic mass is 9.96. The number of aliphatic carboxylic acids is 2. The average molecular weight is 448 g/mol. The van der Waals surface area contributed by atoms with Crippen molar-refractivity contribution in [3.8, 4) is 11.1 Å². The molecule has 1 atom stereocenters. The minimum Gasteiger partial charge on any atom is -0.473 e. The van der Waals surface area contributed by atoms with Crippen LogP contribution in [-0.4, -0.2) is 40.1 Å². The topological polar surface area (TPSA) is 77.8 Å². The molecule has 0 fully saturated rings. The van der Waals surface area contributed by atoms with Gasteiger partial charge >= 0.3 is 11.9 Å². The lowest BCUT2D eigenvalue weighted by molar-refractivity contribution is -0.159. The van der Waals surface area contributed by atoms with E-state index in [1.807, 2.05) is 18.2 Å². The quantitative estimate of drug-likeness (QED) is 0.517. The largest absolute Gasteiger partial charge is 0.473 e. The smallest absolute Gasteiger partial charge is 0.414 e. The monoisotopic (exact) mass is 447 g/mol. The number of benzene rings is 3. The highest BCUT2D eigenvalue weighted by Crippen LogP contribution is 2.29. The highest BCUT2D eigenvalue weighted by molar-refractivity contribution is 6.27. The van der Waals surface area contributed by atoms with E-state index in [9.17, 15) is 4.39 Å². The average Bonchev–Trinajstić information content (AvgIpc) is 2.85. The summed E-state index contributed by atoms with van der Waals surface area (Å²) in [5.74, 6) is -3.82. The molecule has 3 aromatic rings. The van der Waals surface area contributed by atoms with Gasteiger partial charge in [-0.15, -0.1) is 0 Å². The molecule has 1 heterocycles.